The average molecular weight is 463 g/mol. The maximum Gasteiger partial charge on any atom is 0.262 e. The van der Waals surface area contributed by atoms with Crippen LogP contribution in [0, 0.1) is 0 Å². The maximum absolute atomic E-state index is 12.6. The van der Waals surface area contributed by atoms with Crippen LogP contribution < -0.4 is 9.46 Å². The molecule has 0 aliphatic heterocycles. The maximum atomic E-state index is 12.6. The van der Waals surface area contributed by atoms with Crippen LogP contribution in [-0.2, 0) is 10.0 Å². The molecule has 0 aliphatic carbocycles. The lowest BCUT2D eigenvalue weighted by Crippen LogP contribution is -2.13. The Labute approximate surface area is 176 Å². The molecular weight excluding hydrogens is 452 g/mol. The van der Waals surface area contributed by atoms with Gasteiger partial charge in [-0.2, -0.15) is 0 Å². The summed E-state index contributed by atoms with van der Waals surface area (Å²) in [7, 11) is -3.84. The molecule has 0 aromatic heterocycles. The highest BCUT2D eigenvalue weighted by Gasteiger charge is 2.18. The Bertz CT molecular complexity index is 1090. The van der Waals surface area contributed by atoms with Crippen LogP contribution in [0.25, 0.3) is 0 Å². The van der Waals surface area contributed by atoms with Gasteiger partial charge in [-0.3, -0.25) is 4.72 Å². The molecule has 1 N–H and O–H groups in total. The van der Waals surface area contributed by atoms with Crippen LogP contribution in [-0.4, -0.2) is 8.42 Å². The Morgan fingerprint density at radius 3 is 2.11 bits per heavy atom. The van der Waals surface area contributed by atoms with Crippen LogP contribution in [0.1, 0.15) is 0 Å². The predicted molar refractivity (Wildman–Crippen MR) is 110 cm³/mol. The van der Waals surface area contributed by atoms with Crippen molar-refractivity contribution in [3.8, 4) is 11.5 Å². The van der Waals surface area contributed by atoms with Crippen molar-refractivity contribution in [1.82, 2.24) is 0 Å². The highest BCUT2D eigenvalue weighted by Crippen LogP contribution is 2.39. The fraction of sp³-hybridized carbons (Fsp3) is 0. The van der Waals surface area contributed by atoms with Crippen LogP contribution in [0.4, 0.5) is 5.69 Å². The van der Waals surface area contributed by atoms with Gasteiger partial charge in [-0.05, 0) is 36.4 Å². The molecule has 0 bridgehead atoms. The van der Waals surface area contributed by atoms with E-state index in [-0.39, 0.29) is 37.1 Å². The van der Waals surface area contributed by atoms with Crippen LogP contribution in [0.15, 0.2) is 65.6 Å². The summed E-state index contributed by atoms with van der Waals surface area (Å²) < 4.78 is 33.4. The number of hydrogen-bond acceptors (Lipinski definition) is 3. The van der Waals surface area contributed by atoms with Gasteiger partial charge in [-0.15, -0.1) is 0 Å². The molecule has 0 heterocycles. The van der Waals surface area contributed by atoms with E-state index in [0.29, 0.717) is 5.02 Å². The molecule has 0 spiro atoms. The van der Waals surface area contributed by atoms with Crippen LogP contribution in [0.5, 0.6) is 11.5 Å². The van der Waals surface area contributed by atoms with E-state index in [4.69, 9.17) is 51.1 Å². The second-order valence-electron chi connectivity index (χ2n) is 5.36. The second-order valence-corrected chi connectivity index (χ2v) is 8.70. The Morgan fingerprint density at radius 1 is 0.741 bits per heavy atom. The molecule has 140 valence electrons. The van der Waals surface area contributed by atoms with Crippen molar-refractivity contribution in [3.05, 3.63) is 80.8 Å². The van der Waals surface area contributed by atoms with Crippen LogP contribution in [0.2, 0.25) is 20.1 Å². The minimum Gasteiger partial charge on any atom is -0.454 e. The predicted octanol–water partition coefficient (Wildman–Crippen LogP) is 6.89. The highest BCUT2D eigenvalue weighted by molar-refractivity contribution is 7.92. The molecule has 9 heteroatoms. The first kappa shape index (κ1) is 20.1. The average Bonchev–Trinajstić information content (AvgIpc) is 2.62. The summed E-state index contributed by atoms with van der Waals surface area (Å²) in [5.41, 5.74) is 0.147. The standard InChI is InChI=1S/C18H11Cl4NO3S/c19-11-6-7-17(26-18-10-14(21)13(20)9-15(18)22)16(8-11)23-27(24,25)12-4-2-1-3-5-12/h1-10,23H. The zero-order valence-corrected chi connectivity index (χ0v) is 17.3. The van der Waals surface area contributed by atoms with Gasteiger partial charge in [0, 0.05) is 11.1 Å². The van der Waals surface area contributed by atoms with E-state index >= 15 is 0 Å². The SMILES string of the molecule is O=S(=O)(Nc1cc(Cl)ccc1Oc1cc(Cl)c(Cl)cc1Cl)c1ccccc1. The van der Waals surface area contributed by atoms with E-state index in [2.05, 4.69) is 4.72 Å². The summed E-state index contributed by atoms with van der Waals surface area (Å²) in [6.07, 6.45) is 0. The first-order valence-corrected chi connectivity index (χ1v) is 10.5. The monoisotopic (exact) mass is 461 g/mol. The minimum absolute atomic E-state index is 0.100. The molecule has 3 aromatic carbocycles. The van der Waals surface area contributed by atoms with E-state index in [9.17, 15) is 8.42 Å². The van der Waals surface area contributed by atoms with Gasteiger partial charge in [0.2, 0.25) is 0 Å². The van der Waals surface area contributed by atoms with E-state index in [1.165, 1.54) is 36.4 Å². The number of benzene rings is 3. The Morgan fingerprint density at radius 2 is 1.41 bits per heavy atom. The summed E-state index contributed by atoms with van der Waals surface area (Å²) in [5, 5.41) is 1.07. The Hall–Kier alpha value is -1.63. The molecule has 4 nitrogen and oxygen atoms in total. The molecule has 0 fully saturated rings. The summed E-state index contributed by atoms with van der Waals surface area (Å²) >= 11 is 24.1. The molecule has 0 atom stereocenters. The first-order chi connectivity index (χ1) is 12.8. The minimum atomic E-state index is -3.84. The fourth-order valence-corrected chi connectivity index (χ4v) is 4.01. The van der Waals surface area contributed by atoms with E-state index in [1.54, 1.807) is 24.3 Å². The quantitative estimate of drug-likeness (QED) is 0.419. The molecule has 0 saturated heterocycles. The van der Waals surface area contributed by atoms with Gasteiger partial charge in [0.1, 0.15) is 5.75 Å². The van der Waals surface area contributed by atoms with E-state index in [1.807, 2.05) is 0 Å². The van der Waals surface area contributed by atoms with Crippen molar-refractivity contribution in [2.24, 2.45) is 0 Å². The van der Waals surface area contributed by atoms with Gasteiger partial charge in [0.25, 0.3) is 10.0 Å². The fourth-order valence-electron chi connectivity index (χ4n) is 2.18. The summed E-state index contributed by atoms with van der Waals surface area (Å²) in [6.45, 7) is 0. The third kappa shape index (κ3) is 4.81. The first-order valence-electron chi connectivity index (χ1n) is 7.46. The molecule has 3 rings (SSSR count). The van der Waals surface area contributed by atoms with Crippen molar-refractivity contribution in [2.45, 2.75) is 4.90 Å². The Balaban J connectivity index is 1.98. The lowest BCUT2D eigenvalue weighted by atomic mass is 10.3. The molecule has 3 aromatic rings. The molecule has 0 unspecified atom stereocenters. The molecule has 0 aliphatic rings. The summed E-state index contributed by atoms with van der Waals surface area (Å²) in [6, 6.07) is 15.3. The molecular formula is C18H11Cl4NO3S. The number of halogens is 4. The summed E-state index contributed by atoms with van der Waals surface area (Å²) in [5.74, 6) is 0.410. The van der Waals surface area contributed by atoms with Gasteiger partial charge >= 0.3 is 0 Å². The largest absolute Gasteiger partial charge is 0.454 e. The molecule has 0 amide bonds. The van der Waals surface area contributed by atoms with E-state index in [0.717, 1.165) is 0 Å². The van der Waals surface area contributed by atoms with Crippen molar-refractivity contribution < 1.29 is 13.2 Å². The van der Waals surface area contributed by atoms with Crippen LogP contribution in [0.3, 0.4) is 0 Å². The highest BCUT2D eigenvalue weighted by atomic mass is 35.5. The Kier molecular flexibility index (Phi) is 6.08. The summed E-state index contributed by atoms with van der Waals surface area (Å²) in [4.78, 5) is 0.100. The van der Waals surface area contributed by atoms with Crippen molar-refractivity contribution in [3.63, 3.8) is 0 Å². The zero-order chi connectivity index (χ0) is 19.6. The van der Waals surface area contributed by atoms with Crippen molar-refractivity contribution in [2.75, 3.05) is 4.72 Å². The lowest BCUT2D eigenvalue weighted by Gasteiger charge is -2.15. The van der Waals surface area contributed by atoms with Gasteiger partial charge < -0.3 is 4.74 Å². The number of ether oxygens (including phenoxy) is 1. The smallest absolute Gasteiger partial charge is 0.262 e. The van der Waals surface area contributed by atoms with Crippen LogP contribution >= 0.6 is 46.4 Å². The van der Waals surface area contributed by atoms with Gasteiger partial charge in [0.05, 0.1) is 25.7 Å². The van der Waals surface area contributed by atoms with Gasteiger partial charge in [-0.1, -0.05) is 64.6 Å². The second kappa shape index (κ2) is 8.17. The number of hydrogen-bond donors (Lipinski definition) is 1. The topological polar surface area (TPSA) is 55.4 Å². The number of rotatable bonds is 5. The molecule has 27 heavy (non-hydrogen) atoms. The lowest BCUT2D eigenvalue weighted by molar-refractivity contribution is 0.485. The zero-order valence-electron chi connectivity index (χ0n) is 13.4. The number of sulfonamides is 1. The van der Waals surface area contributed by atoms with Crippen molar-refractivity contribution in [1.29, 1.82) is 0 Å². The van der Waals surface area contributed by atoms with E-state index < -0.39 is 10.0 Å². The van der Waals surface area contributed by atoms with Gasteiger partial charge in [0.15, 0.2) is 5.75 Å². The van der Waals surface area contributed by atoms with Crippen molar-refractivity contribution >= 4 is 62.1 Å². The molecule has 0 saturated carbocycles. The third-order valence-corrected chi connectivity index (χ3v) is 6.07. The molecule has 0 radical (unpaired) electrons. The normalized spacial score (nSPS) is 11.3. The third-order valence-electron chi connectivity index (χ3n) is 3.43. The van der Waals surface area contributed by atoms with Gasteiger partial charge in [-0.25, -0.2) is 8.42 Å². The number of nitrogens with one attached hydrogen (secondary N) is 1. The number of anilines is 1.